The van der Waals surface area contributed by atoms with Crippen LogP contribution in [-0.2, 0) is 9.53 Å². The molecule has 4 heteroatoms. The minimum atomic E-state index is -1.19. The molecule has 0 aromatic heterocycles. The topological polar surface area (TPSA) is 55.8 Å². The molecule has 3 rings (SSSR count). The van der Waals surface area contributed by atoms with E-state index in [4.69, 9.17) is 9.47 Å². The van der Waals surface area contributed by atoms with Gasteiger partial charge in [0, 0.05) is 11.6 Å². The highest BCUT2D eigenvalue weighted by atomic mass is 16.6. The fourth-order valence-electron chi connectivity index (χ4n) is 4.65. The zero-order valence-electron chi connectivity index (χ0n) is 19.4. The number of allylic oxidation sites excluding steroid dienone is 3. The lowest BCUT2D eigenvalue weighted by atomic mass is 9.71. The van der Waals surface area contributed by atoms with Crippen molar-refractivity contribution in [2.45, 2.75) is 78.9 Å². The predicted molar refractivity (Wildman–Crippen MR) is 125 cm³/mol. The molecule has 168 valence electrons. The van der Waals surface area contributed by atoms with Crippen molar-refractivity contribution in [1.29, 1.82) is 0 Å². The van der Waals surface area contributed by atoms with Crippen LogP contribution < -0.4 is 4.74 Å². The molecule has 1 heterocycles. The normalized spacial score (nSPS) is 21.2. The molecule has 0 spiro atoms. The van der Waals surface area contributed by atoms with Gasteiger partial charge < -0.3 is 14.6 Å². The number of aliphatic hydroxyl groups is 1. The largest absolute Gasteiger partial charge is 0.489 e. The second kappa shape index (κ2) is 10.3. The Morgan fingerprint density at radius 2 is 2.00 bits per heavy atom. The van der Waals surface area contributed by atoms with Crippen LogP contribution in [0.25, 0.3) is 5.57 Å². The zero-order valence-corrected chi connectivity index (χ0v) is 19.4. The van der Waals surface area contributed by atoms with Gasteiger partial charge in [-0.3, -0.25) is 0 Å². The monoisotopic (exact) mass is 424 g/mol. The molecule has 0 amide bonds. The summed E-state index contributed by atoms with van der Waals surface area (Å²) in [7, 11) is 0. The van der Waals surface area contributed by atoms with Crippen molar-refractivity contribution in [2.75, 3.05) is 6.61 Å². The number of aliphatic hydroxyl groups excluding tert-OH is 1. The summed E-state index contributed by atoms with van der Waals surface area (Å²) in [6.07, 6.45) is 11.1. The number of carbonyl (C=O) groups is 1. The molecular formula is C27H36O4. The lowest BCUT2D eigenvalue weighted by Crippen LogP contribution is -2.20. The third-order valence-corrected chi connectivity index (χ3v) is 6.48. The van der Waals surface area contributed by atoms with Crippen molar-refractivity contribution < 1.29 is 19.4 Å². The summed E-state index contributed by atoms with van der Waals surface area (Å²) < 4.78 is 10.6. The third kappa shape index (κ3) is 6.33. The van der Waals surface area contributed by atoms with Gasteiger partial charge in [0.05, 0.1) is 0 Å². The number of cyclic esters (lactones) is 1. The number of esters is 1. The number of hydrogen-bond acceptors (Lipinski definition) is 4. The zero-order chi connectivity index (χ0) is 22.4. The summed E-state index contributed by atoms with van der Waals surface area (Å²) >= 11 is 0. The van der Waals surface area contributed by atoms with E-state index in [2.05, 4.69) is 33.8 Å². The number of ether oxygens (including phenoxy) is 2. The molecule has 1 N–H and O–H groups in total. The van der Waals surface area contributed by atoms with Gasteiger partial charge in [0.15, 0.2) is 0 Å². The first kappa shape index (κ1) is 23.3. The van der Waals surface area contributed by atoms with Gasteiger partial charge in [-0.15, -0.1) is 0 Å². The van der Waals surface area contributed by atoms with Gasteiger partial charge in [-0.05, 0) is 87.5 Å². The van der Waals surface area contributed by atoms with E-state index in [1.54, 1.807) is 11.1 Å². The second-order valence-electron chi connectivity index (χ2n) is 9.49. The average Bonchev–Trinajstić information content (AvgIpc) is 3.06. The second-order valence-corrected chi connectivity index (χ2v) is 9.49. The van der Waals surface area contributed by atoms with E-state index in [1.807, 2.05) is 24.3 Å². The van der Waals surface area contributed by atoms with Crippen LogP contribution in [0.15, 0.2) is 53.1 Å². The van der Waals surface area contributed by atoms with Gasteiger partial charge >= 0.3 is 5.97 Å². The van der Waals surface area contributed by atoms with Crippen molar-refractivity contribution >= 4 is 11.5 Å². The van der Waals surface area contributed by atoms with Crippen LogP contribution in [0.1, 0.15) is 78.2 Å². The van der Waals surface area contributed by atoms with E-state index >= 15 is 0 Å². The fourth-order valence-corrected chi connectivity index (χ4v) is 4.65. The summed E-state index contributed by atoms with van der Waals surface area (Å²) in [5.74, 6) is 0.247. The van der Waals surface area contributed by atoms with Crippen LogP contribution in [0, 0.1) is 5.41 Å². The Bertz CT molecular complexity index is 871. The first-order valence-corrected chi connectivity index (χ1v) is 11.4. The maximum Gasteiger partial charge on any atom is 0.333 e. The molecule has 1 aliphatic heterocycles. The van der Waals surface area contributed by atoms with E-state index < -0.39 is 12.3 Å². The minimum Gasteiger partial charge on any atom is -0.489 e. The number of hydrogen-bond donors (Lipinski definition) is 1. The Balaban J connectivity index is 1.40. The quantitative estimate of drug-likeness (QED) is 0.285. The average molecular weight is 425 g/mol. The smallest absolute Gasteiger partial charge is 0.333 e. The van der Waals surface area contributed by atoms with Crippen LogP contribution in [0.3, 0.4) is 0 Å². The Kier molecular flexibility index (Phi) is 7.77. The van der Waals surface area contributed by atoms with Crippen molar-refractivity contribution in [3.8, 4) is 5.75 Å². The Morgan fingerprint density at radius 3 is 2.65 bits per heavy atom. The Labute approximate surface area is 186 Å². The van der Waals surface area contributed by atoms with Crippen LogP contribution in [0.5, 0.6) is 5.75 Å². The maximum absolute atomic E-state index is 11.2. The molecule has 1 aliphatic carbocycles. The predicted octanol–water partition coefficient (Wildman–Crippen LogP) is 6.36. The molecule has 0 fully saturated rings. The highest BCUT2D eigenvalue weighted by molar-refractivity contribution is 5.96. The fraction of sp³-hybridized carbons (Fsp3) is 0.519. The molecule has 31 heavy (non-hydrogen) atoms. The Hall–Kier alpha value is -2.33. The number of unbranched alkanes of at least 4 members (excludes halogenated alkanes) is 2. The van der Waals surface area contributed by atoms with Crippen molar-refractivity contribution in [3.63, 3.8) is 0 Å². The van der Waals surface area contributed by atoms with Crippen LogP contribution >= 0.6 is 0 Å². The van der Waals surface area contributed by atoms with E-state index in [-0.39, 0.29) is 0 Å². The van der Waals surface area contributed by atoms with Gasteiger partial charge in [-0.1, -0.05) is 43.2 Å². The highest BCUT2D eigenvalue weighted by Gasteiger charge is 2.27. The van der Waals surface area contributed by atoms with Gasteiger partial charge in [-0.25, -0.2) is 4.79 Å². The molecule has 1 aromatic rings. The summed E-state index contributed by atoms with van der Waals surface area (Å²) in [6.45, 7) is 9.79. The first-order chi connectivity index (χ1) is 14.8. The van der Waals surface area contributed by atoms with E-state index in [0.717, 1.165) is 17.7 Å². The van der Waals surface area contributed by atoms with Crippen LogP contribution in [0.4, 0.5) is 0 Å². The van der Waals surface area contributed by atoms with E-state index in [9.17, 15) is 9.90 Å². The Morgan fingerprint density at radius 1 is 1.26 bits per heavy atom. The SMILES string of the molecule is CC(=CCCCCC1=C(C)CCCC1(C)C)COc1ccc(C2=CC(=O)OC2O)cc1. The summed E-state index contributed by atoms with van der Waals surface area (Å²) in [5, 5.41) is 9.74. The van der Waals surface area contributed by atoms with Crippen LogP contribution in [0.2, 0.25) is 0 Å². The minimum absolute atomic E-state index is 0.381. The molecule has 1 atom stereocenters. The molecule has 0 saturated heterocycles. The van der Waals surface area contributed by atoms with Gasteiger partial charge in [0.2, 0.25) is 6.29 Å². The van der Waals surface area contributed by atoms with E-state index in [1.165, 1.54) is 50.2 Å². The van der Waals surface area contributed by atoms with Crippen molar-refractivity contribution in [1.82, 2.24) is 0 Å². The van der Waals surface area contributed by atoms with Crippen molar-refractivity contribution in [3.05, 3.63) is 58.7 Å². The third-order valence-electron chi connectivity index (χ3n) is 6.48. The van der Waals surface area contributed by atoms with Crippen LogP contribution in [-0.4, -0.2) is 24.0 Å². The molecular weight excluding hydrogens is 388 g/mol. The van der Waals surface area contributed by atoms with E-state index in [0.29, 0.717) is 17.6 Å². The van der Waals surface area contributed by atoms with Gasteiger partial charge in [0.25, 0.3) is 0 Å². The molecule has 1 aromatic carbocycles. The number of benzene rings is 1. The molecule has 1 unspecified atom stereocenters. The molecule has 0 radical (unpaired) electrons. The summed E-state index contributed by atoms with van der Waals surface area (Å²) in [5.41, 5.74) is 6.17. The lowest BCUT2D eigenvalue weighted by molar-refractivity contribution is -0.149. The number of rotatable bonds is 9. The first-order valence-electron chi connectivity index (χ1n) is 11.4. The summed E-state index contributed by atoms with van der Waals surface area (Å²) in [4.78, 5) is 11.2. The van der Waals surface area contributed by atoms with Gasteiger partial charge in [0.1, 0.15) is 12.4 Å². The molecule has 2 aliphatic rings. The molecule has 0 saturated carbocycles. The summed E-state index contributed by atoms with van der Waals surface area (Å²) in [6, 6.07) is 7.35. The highest BCUT2D eigenvalue weighted by Crippen LogP contribution is 2.42. The van der Waals surface area contributed by atoms with Gasteiger partial charge in [-0.2, -0.15) is 0 Å². The molecule has 4 nitrogen and oxygen atoms in total. The lowest BCUT2D eigenvalue weighted by Gasteiger charge is -2.34. The number of carbonyl (C=O) groups excluding carboxylic acids is 1. The standard InChI is InChI=1S/C27H36O4/c1-19(9-6-5-7-11-24-20(2)10-8-16-27(24,3)4)18-30-22-14-12-21(13-15-22)23-17-25(28)31-26(23)29/h9,12-15,17,26,29H,5-8,10-11,16,18H2,1-4H3. The molecule has 0 bridgehead atoms. The van der Waals surface area contributed by atoms with Crippen molar-refractivity contribution in [2.24, 2.45) is 5.41 Å². The maximum atomic E-state index is 11.2.